The van der Waals surface area contributed by atoms with Crippen LogP contribution in [0.4, 0.5) is 5.69 Å². The predicted octanol–water partition coefficient (Wildman–Crippen LogP) is 4.45. The monoisotopic (exact) mass is 389 g/mol. The smallest absolute Gasteiger partial charge is 0.338 e. The molecule has 1 N–H and O–H groups in total. The summed E-state index contributed by atoms with van der Waals surface area (Å²) >= 11 is 0. The summed E-state index contributed by atoms with van der Waals surface area (Å²) in [7, 11) is 1.56. The summed E-state index contributed by atoms with van der Waals surface area (Å²) in [6.07, 6.45) is 1.69. The fourth-order valence-corrected chi connectivity index (χ4v) is 3.08. The summed E-state index contributed by atoms with van der Waals surface area (Å²) in [6.45, 7) is 1.97. The van der Waals surface area contributed by atoms with Gasteiger partial charge in [0.2, 0.25) is 0 Å². The Bertz CT molecular complexity index is 1110. The van der Waals surface area contributed by atoms with Gasteiger partial charge in [0.15, 0.2) is 0 Å². The highest BCUT2D eigenvalue weighted by Gasteiger charge is 2.24. The highest BCUT2D eigenvalue weighted by molar-refractivity contribution is 6.34. The number of furan rings is 1. The quantitative estimate of drug-likeness (QED) is 0.515. The summed E-state index contributed by atoms with van der Waals surface area (Å²) in [5, 5.41) is 2.84. The van der Waals surface area contributed by atoms with Gasteiger partial charge in [0, 0.05) is 11.3 Å². The van der Waals surface area contributed by atoms with Gasteiger partial charge in [0.25, 0.3) is 5.91 Å². The van der Waals surface area contributed by atoms with Gasteiger partial charge in [-0.05, 0) is 61.5 Å². The molecule has 0 unspecified atom stereocenters. The molecule has 0 aliphatic carbocycles. The Morgan fingerprint density at radius 1 is 1.10 bits per heavy atom. The minimum Gasteiger partial charge on any atom is -0.497 e. The van der Waals surface area contributed by atoms with Gasteiger partial charge in [-0.25, -0.2) is 4.79 Å². The Morgan fingerprint density at radius 2 is 1.90 bits per heavy atom. The molecule has 0 bridgehead atoms. The van der Waals surface area contributed by atoms with Crippen LogP contribution in [-0.4, -0.2) is 19.0 Å². The number of carbonyl (C=O) groups excluding carboxylic acids is 2. The highest BCUT2D eigenvalue weighted by Crippen LogP contribution is 2.34. The van der Waals surface area contributed by atoms with Gasteiger partial charge in [-0.2, -0.15) is 0 Å². The molecule has 0 saturated heterocycles. The van der Waals surface area contributed by atoms with Crippen LogP contribution < -0.4 is 10.1 Å². The van der Waals surface area contributed by atoms with E-state index in [1.54, 1.807) is 49.6 Å². The van der Waals surface area contributed by atoms with E-state index in [9.17, 15) is 9.59 Å². The normalized spacial score (nSPS) is 13.9. The van der Waals surface area contributed by atoms with Crippen molar-refractivity contribution in [2.45, 2.75) is 13.5 Å². The lowest BCUT2D eigenvalue weighted by Gasteiger charge is -2.04. The molecule has 0 saturated carbocycles. The van der Waals surface area contributed by atoms with Gasteiger partial charge < -0.3 is 19.2 Å². The molecule has 2 heterocycles. The first kappa shape index (κ1) is 18.6. The Hall–Kier alpha value is -3.80. The number of rotatable bonds is 5. The maximum Gasteiger partial charge on any atom is 0.338 e. The van der Waals surface area contributed by atoms with E-state index in [4.69, 9.17) is 13.9 Å². The summed E-state index contributed by atoms with van der Waals surface area (Å²) in [5.41, 5.74) is 3.66. The minimum absolute atomic E-state index is 0.00404. The number of anilines is 1. The first-order valence-corrected chi connectivity index (χ1v) is 9.07. The van der Waals surface area contributed by atoms with Gasteiger partial charge in [-0.1, -0.05) is 11.6 Å². The number of amides is 1. The molecule has 3 aromatic rings. The molecular weight excluding hydrogens is 370 g/mol. The molecule has 4 rings (SSSR count). The topological polar surface area (TPSA) is 77.8 Å². The van der Waals surface area contributed by atoms with Crippen molar-refractivity contribution in [3.05, 3.63) is 82.8 Å². The fourth-order valence-electron chi connectivity index (χ4n) is 3.08. The summed E-state index contributed by atoms with van der Waals surface area (Å²) in [5.74, 6) is 1.04. The van der Waals surface area contributed by atoms with Crippen LogP contribution in [0.15, 0.2) is 59.0 Å². The van der Waals surface area contributed by atoms with Gasteiger partial charge >= 0.3 is 5.97 Å². The van der Waals surface area contributed by atoms with Crippen molar-refractivity contribution in [3.63, 3.8) is 0 Å². The molecule has 1 amide bonds. The van der Waals surface area contributed by atoms with Crippen LogP contribution in [-0.2, 0) is 16.1 Å². The number of hydrogen-bond donors (Lipinski definition) is 1. The van der Waals surface area contributed by atoms with Crippen LogP contribution >= 0.6 is 0 Å². The molecule has 2 aromatic carbocycles. The lowest BCUT2D eigenvalue weighted by molar-refractivity contribution is -0.110. The second-order valence-corrected chi connectivity index (χ2v) is 6.67. The largest absolute Gasteiger partial charge is 0.497 e. The Balaban J connectivity index is 1.45. The summed E-state index contributed by atoms with van der Waals surface area (Å²) < 4.78 is 16.1. The number of ether oxygens (including phenoxy) is 2. The number of methoxy groups -OCH3 is 1. The average Bonchev–Trinajstić information content (AvgIpc) is 3.31. The maximum absolute atomic E-state index is 12.3. The molecule has 6 nitrogen and oxygen atoms in total. The van der Waals surface area contributed by atoms with E-state index in [1.165, 1.54) is 0 Å². The molecule has 0 fully saturated rings. The molecule has 1 aliphatic heterocycles. The average molecular weight is 389 g/mol. The number of aryl methyl sites for hydroxylation is 1. The van der Waals surface area contributed by atoms with Crippen molar-refractivity contribution in [1.29, 1.82) is 0 Å². The van der Waals surface area contributed by atoms with Crippen LogP contribution in [0.5, 0.6) is 5.75 Å². The van der Waals surface area contributed by atoms with E-state index in [-0.39, 0.29) is 12.5 Å². The van der Waals surface area contributed by atoms with E-state index in [0.29, 0.717) is 28.4 Å². The first-order chi connectivity index (χ1) is 14.0. The summed E-state index contributed by atoms with van der Waals surface area (Å²) in [4.78, 5) is 24.4. The Labute approximate surface area is 167 Å². The molecule has 0 spiro atoms. The minimum atomic E-state index is -0.455. The number of fused-ring (bicyclic) bond motifs is 1. The second kappa shape index (κ2) is 7.67. The van der Waals surface area contributed by atoms with Crippen LogP contribution in [0.25, 0.3) is 11.6 Å². The van der Waals surface area contributed by atoms with Crippen LogP contribution in [0.2, 0.25) is 0 Å². The van der Waals surface area contributed by atoms with Crippen LogP contribution in [0.1, 0.15) is 33.0 Å². The second-order valence-electron chi connectivity index (χ2n) is 6.67. The van der Waals surface area contributed by atoms with Crippen molar-refractivity contribution < 1.29 is 23.5 Å². The lowest BCUT2D eigenvalue weighted by atomic mass is 10.0. The third-order valence-electron chi connectivity index (χ3n) is 4.60. The van der Waals surface area contributed by atoms with Crippen LogP contribution in [0.3, 0.4) is 0 Å². The number of carbonyl (C=O) groups is 2. The van der Waals surface area contributed by atoms with Gasteiger partial charge in [-0.15, -0.1) is 0 Å². The zero-order valence-electron chi connectivity index (χ0n) is 16.0. The molecule has 6 heteroatoms. The maximum atomic E-state index is 12.3. The Kier molecular flexibility index (Phi) is 4.91. The van der Waals surface area contributed by atoms with E-state index >= 15 is 0 Å². The zero-order chi connectivity index (χ0) is 20.4. The number of benzene rings is 2. The van der Waals surface area contributed by atoms with Crippen LogP contribution in [0, 0.1) is 6.92 Å². The van der Waals surface area contributed by atoms with Crippen molar-refractivity contribution >= 4 is 29.2 Å². The molecular formula is C23H19NO5. The molecule has 1 aliphatic rings. The summed E-state index contributed by atoms with van der Waals surface area (Å²) in [6, 6.07) is 15.9. The molecule has 0 atom stereocenters. The highest BCUT2D eigenvalue weighted by atomic mass is 16.5. The third kappa shape index (κ3) is 3.91. The van der Waals surface area contributed by atoms with E-state index < -0.39 is 5.97 Å². The standard InChI is InChI=1S/C23H19NO5/c1-14-3-10-21-19(11-14)20(22(25)24-21)12-17-8-9-18(29-17)13-28-23(26)15-4-6-16(27-2)7-5-15/h3-12H,13H2,1-2H3,(H,24,25)/b20-12-. The fraction of sp³-hybridized carbons (Fsp3) is 0.130. The van der Waals surface area contributed by atoms with Crippen molar-refractivity contribution in [2.24, 2.45) is 0 Å². The molecule has 146 valence electrons. The van der Waals surface area contributed by atoms with Crippen molar-refractivity contribution in [2.75, 3.05) is 12.4 Å². The molecule has 29 heavy (non-hydrogen) atoms. The van der Waals surface area contributed by atoms with Crippen molar-refractivity contribution in [3.8, 4) is 5.75 Å². The molecule has 1 aromatic heterocycles. The van der Waals surface area contributed by atoms with E-state index in [2.05, 4.69) is 5.32 Å². The first-order valence-electron chi connectivity index (χ1n) is 9.07. The number of hydrogen-bond acceptors (Lipinski definition) is 5. The SMILES string of the molecule is COc1ccc(C(=O)OCc2ccc(/C=C3\C(=O)Nc4ccc(C)cc43)o2)cc1. The molecule has 0 radical (unpaired) electrons. The van der Waals surface area contributed by atoms with E-state index in [0.717, 1.165) is 16.8 Å². The van der Waals surface area contributed by atoms with Gasteiger partial charge in [0.1, 0.15) is 23.9 Å². The number of esters is 1. The van der Waals surface area contributed by atoms with Gasteiger partial charge in [-0.3, -0.25) is 4.79 Å². The number of nitrogens with one attached hydrogen (secondary N) is 1. The third-order valence-corrected chi connectivity index (χ3v) is 4.60. The van der Waals surface area contributed by atoms with Crippen molar-refractivity contribution in [1.82, 2.24) is 0 Å². The van der Waals surface area contributed by atoms with E-state index in [1.807, 2.05) is 25.1 Å². The predicted molar refractivity (Wildman–Crippen MR) is 109 cm³/mol. The van der Waals surface area contributed by atoms with Gasteiger partial charge in [0.05, 0.1) is 18.2 Å². The zero-order valence-corrected chi connectivity index (χ0v) is 16.0. The Morgan fingerprint density at radius 3 is 2.66 bits per heavy atom. The lowest BCUT2D eigenvalue weighted by Crippen LogP contribution is -2.04.